The minimum absolute atomic E-state index is 0.307. The van der Waals surface area contributed by atoms with Crippen LogP contribution in [-0.2, 0) is 9.84 Å². The number of halogens is 1. The molecule has 0 spiro atoms. The summed E-state index contributed by atoms with van der Waals surface area (Å²) in [6.07, 6.45) is 3.46. The van der Waals surface area contributed by atoms with Crippen LogP contribution in [0, 0.1) is 5.92 Å². The van der Waals surface area contributed by atoms with Gasteiger partial charge in [0, 0.05) is 4.47 Å². The Labute approximate surface area is 129 Å². The van der Waals surface area contributed by atoms with Crippen molar-refractivity contribution in [2.45, 2.75) is 55.3 Å². The second-order valence-corrected chi connectivity index (χ2v) is 8.66. The molecule has 3 unspecified atom stereocenters. The zero-order valence-electron chi connectivity index (χ0n) is 11.6. The first kappa shape index (κ1) is 16.0. The normalized spacial score (nSPS) is 27.4. The Morgan fingerprint density at radius 2 is 1.90 bits per heavy atom. The second kappa shape index (κ2) is 6.58. The first-order valence-corrected chi connectivity index (χ1v) is 9.46. The standard InChI is InChI=1S/C15H21BrO3S/c1-2-3-11-4-9-14(17)15(10-11)20(18,19)13-7-5-12(16)6-8-13/h5-8,11,14-15,17H,2-4,9-10H2,1H3. The number of rotatable bonds is 4. The summed E-state index contributed by atoms with van der Waals surface area (Å²) in [5, 5.41) is 9.46. The molecule has 1 N–H and O–H groups in total. The molecule has 0 radical (unpaired) electrons. The molecule has 0 aliphatic heterocycles. The molecule has 1 saturated carbocycles. The Balaban J connectivity index is 2.24. The van der Waals surface area contributed by atoms with Crippen molar-refractivity contribution in [3.05, 3.63) is 28.7 Å². The maximum atomic E-state index is 12.7. The van der Waals surface area contributed by atoms with Crippen LogP contribution in [0.15, 0.2) is 33.6 Å². The van der Waals surface area contributed by atoms with Crippen molar-refractivity contribution in [2.24, 2.45) is 5.92 Å². The van der Waals surface area contributed by atoms with Crippen molar-refractivity contribution in [3.8, 4) is 0 Å². The lowest BCUT2D eigenvalue weighted by Gasteiger charge is -2.32. The molecule has 1 fully saturated rings. The molecular formula is C15H21BrO3S. The summed E-state index contributed by atoms with van der Waals surface area (Å²) in [6, 6.07) is 6.67. The second-order valence-electron chi connectivity index (χ2n) is 5.57. The van der Waals surface area contributed by atoms with E-state index in [0.717, 1.165) is 23.7 Å². The van der Waals surface area contributed by atoms with Gasteiger partial charge in [0.05, 0.1) is 16.2 Å². The fourth-order valence-corrected chi connectivity index (χ4v) is 5.20. The summed E-state index contributed by atoms with van der Waals surface area (Å²) in [7, 11) is -3.45. The van der Waals surface area contributed by atoms with E-state index in [0.29, 0.717) is 23.7 Å². The molecule has 3 atom stereocenters. The van der Waals surface area contributed by atoms with Crippen molar-refractivity contribution < 1.29 is 13.5 Å². The van der Waals surface area contributed by atoms with E-state index in [1.807, 2.05) is 0 Å². The molecule has 0 aromatic heterocycles. The summed E-state index contributed by atoms with van der Waals surface area (Å²) < 4.78 is 26.2. The molecule has 1 aromatic rings. The van der Waals surface area contributed by atoms with Crippen molar-refractivity contribution >= 4 is 25.8 Å². The van der Waals surface area contributed by atoms with E-state index in [4.69, 9.17) is 0 Å². The number of hydrogen-bond acceptors (Lipinski definition) is 3. The average molecular weight is 361 g/mol. The van der Waals surface area contributed by atoms with Gasteiger partial charge in [-0.05, 0) is 49.4 Å². The molecule has 0 bridgehead atoms. The third-order valence-electron chi connectivity index (χ3n) is 4.10. The van der Waals surface area contributed by atoms with Crippen LogP contribution in [0.4, 0.5) is 0 Å². The van der Waals surface area contributed by atoms with E-state index in [2.05, 4.69) is 22.9 Å². The van der Waals surface area contributed by atoms with Crippen LogP contribution in [0.2, 0.25) is 0 Å². The van der Waals surface area contributed by atoms with E-state index >= 15 is 0 Å². The highest BCUT2D eigenvalue weighted by molar-refractivity contribution is 9.10. The number of aliphatic hydroxyl groups is 1. The topological polar surface area (TPSA) is 54.4 Å². The monoisotopic (exact) mass is 360 g/mol. The number of aliphatic hydroxyl groups excluding tert-OH is 1. The lowest BCUT2D eigenvalue weighted by Crippen LogP contribution is -2.39. The third kappa shape index (κ3) is 3.43. The van der Waals surface area contributed by atoms with Crippen molar-refractivity contribution in [3.63, 3.8) is 0 Å². The van der Waals surface area contributed by atoms with Gasteiger partial charge in [0.2, 0.25) is 0 Å². The lowest BCUT2D eigenvalue weighted by atomic mass is 9.84. The van der Waals surface area contributed by atoms with Gasteiger partial charge in [-0.25, -0.2) is 8.42 Å². The van der Waals surface area contributed by atoms with Gasteiger partial charge in [0.25, 0.3) is 0 Å². The van der Waals surface area contributed by atoms with Crippen LogP contribution in [0.3, 0.4) is 0 Å². The predicted molar refractivity (Wildman–Crippen MR) is 83.4 cm³/mol. The van der Waals surface area contributed by atoms with Crippen LogP contribution in [0.5, 0.6) is 0 Å². The summed E-state index contributed by atoms with van der Waals surface area (Å²) in [5.41, 5.74) is 0. The van der Waals surface area contributed by atoms with Gasteiger partial charge < -0.3 is 5.11 Å². The average Bonchev–Trinajstić information content (AvgIpc) is 2.41. The zero-order valence-corrected chi connectivity index (χ0v) is 14.0. The maximum Gasteiger partial charge on any atom is 0.183 e. The number of sulfone groups is 1. The molecule has 1 aliphatic rings. The van der Waals surface area contributed by atoms with Gasteiger partial charge in [-0.3, -0.25) is 0 Å². The highest BCUT2D eigenvalue weighted by atomic mass is 79.9. The molecule has 0 saturated heterocycles. The third-order valence-corrected chi connectivity index (χ3v) is 6.86. The summed E-state index contributed by atoms with van der Waals surface area (Å²) in [5.74, 6) is 0.415. The minimum atomic E-state index is -3.45. The van der Waals surface area contributed by atoms with Crippen molar-refractivity contribution in [1.82, 2.24) is 0 Å². The highest BCUT2D eigenvalue weighted by Crippen LogP contribution is 2.34. The molecular weight excluding hydrogens is 340 g/mol. The van der Waals surface area contributed by atoms with Crippen LogP contribution >= 0.6 is 15.9 Å². The Hall–Kier alpha value is -0.390. The molecule has 0 amide bonds. The Kier molecular flexibility index (Phi) is 5.26. The fourth-order valence-electron chi connectivity index (χ4n) is 3.00. The quantitative estimate of drug-likeness (QED) is 0.892. The van der Waals surface area contributed by atoms with Gasteiger partial charge in [-0.15, -0.1) is 0 Å². The lowest BCUT2D eigenvalue weighted by molar-refractivity contribution is 0.109. The fraction of sp³-hybridized carbons (Fsp3) is 0.600. The summed E-state index contributed by atoms with van der Waals surface area (Å²) >= 11 is 3.31. The first-order chi connectivity index (χ1) is 9.45. The van der Waals surface area contributed by atoms with E-state index in [9.17, 15) is 13.5 Å². The van der Waals surface area contributed by atoms with Crippen LogP contribution in [0.1, 0.15) is 39.0 Å². The highest BCUT2D eigenvalue weighted by Gasteiger charge is 2.38. The summed E-state index contributed by atoms with van der Waals surface area (Å²) in [4.78, 5) is 0.307. The number of benzene rings is 1. The zero-order chi connectivity index (χ0) is 14.8. The van der Waals surface area contributed by atoms with Gasteiger partial charge in [0.15, 0.2) is 9.84 Å². The molecule has 5 heteroatoms. The minimum Gasteiger partial charge on any atom is -0.392 e. The van der Waals surface area contributed by atoms with Crippen molar-refractivity contribution in [1.29, 1.82) is 0 Å². The van der Waals surface area contributed by atoms with Gasteiger partial charge in [-0.2, -0.15) is 0 Å². The smallest absolute Gasteiger partial charge is 0.183 e. The van der Waals surface area contributed by atoms with Crippen molar-refractivity contribution in [2.75, 3.05) is 0 Å². The van der Waals surface area contributed by atoms with Gasteiger partial charge in [-0.1, -0.05) is 35.7 Å². The first-order valence-electron chi connectivity index (χ1n) is 7.12. The van der Waals surface area contributed by atoms with Crippen LogP contribution < -0.4 is 0 Å². The largest absolute Gasteiger partial charge is 0.392 e. The van der Waals surface area contributed by atoms with E-state index in [1.165, 1.54) is 0 Å². The summed E-state index contributed by atoms with van der Waals surface area (Å²) in [6.45, 7) is 2.11. The molecule has 0 heterocycles. The molecule has 1 aliphatic carbocycles. The molecule has 1 aromatic carbocycles. The SMILES string of the molecule is CCCC1CCC(O)C(S(=O)(=O)c2ccc(Br)cc2)C1. The predicted octanol–water partition coefficient (Wildman–Crippen LogP) is 3.55. The number of hydrogen-bond donors (Lipinski definition) is 1. The molecule has 2 rings (SSSR count). The maximum absolute atomic E-state index is 12.7. The van der Waals surface area contributed by atoms with Crippen LogP contribution in [-0.4, -0.2) is 24.9 Å². The van der Waals surface area contributed by atoms with E-state index in [-0.39, 0.29) is 0 Å². The molecule has 20 heavy (non-hydrogen) atoms. The molecule has 112 valence electrons. The van der Waals surface area contributed by atoms with Gasteiger partial charge in [0.1, 0.15) is 0 Å². The van der Waals surface area contributed by atoms with Gasteiger partial charge >= 0.3 is 0 Å². The van der Waals surface area contributed by atoms with Crippen LogP contribution in [0.25, 0.3) is 0 Å². The molecule has 3 nitrogen and oxygen atoms in total. The Morgan fingerprint density at radius 1 is 1.25 bits per heavy atom. The Bertz CT molecular complexity index is 539. The van der Waals surface area contributed by atoms with E-state index < -0.39 is 21.2 Å². The van der Waals surface area contributed by atoms with E-state index in [1.54, 1.807) is 24.3 Å². The Morgan fingerprint density at radius 3 is 2.50 bits per heavy atom.